The van der Waals surface area contributed by atoms with Crippen LogP contribution in [0.1, 0.15) is 27.2 Å². The molecule has 0 atom stereocenters. The fourth-order valence-electron chi connectivity index (χ4n) is 1.68. The van der Waals surface area contributed by atoms with Crippen molar-refractivity contribution in [3.8, 4) is 11.8 Å². The van der Waals surface area contributed by atoms with Crippen molar-refractivity contribution in [2.24, 2.45) is 5.73 Å². The summed E-state index contributed by atoms with van der Waals surface area (Å²) in [5.74, 6) is 5.34. The molecule has 0 saturated heterocycles. The zero-order valence-electron chi connectivity index (χ0n) is 11.4. The average Bonchev–Trinajstić information content (AvgIpc) is 2.81. The minimum atomic E-state index is -0.312. The van der Waals surface area contributed by atoms with Gasteiger partial charge in [0.25, 0.3) is 5.91 Å². The van der Waals surface area contributed by atoms with Crippen LogP contribution >= 0.6 is 0 Å². The minimum Gasteiger partial charge on any atom is -0.432 e. The lowest BCUT2D eigenvalue weighted by atomic mass is 10.0. The van der Waals surface area contributed by atoms with Gasteiger partial charge in [0.1, 0.15) is 6.26 Å². The van der Waals surface area contributed by atoms with Gasteiger partial charge in [-0.15, -0.1) is 0 Å². The van der Waals surface area contributed by atoms with Gasteiger partial charge in [0.15, 0.2) is 0 Å². The average molecular weight is 269 g/mol. The van der Waals surface area contributed by atoms with Gasteiger partial charge < -0.3 is 10.2 Å². The van der Waals surface area contributed by atoms with Gasteiger partial charge >= 0.3 is 6.01 Å². The van der Waals surface area contributed by atoms with E-state index in [9.17, 15) is 4.79 Å². The SMILES string of the molecule is Cc1ccc(C(=O)Nc2nc(C)co2)c(C#CCN)c1. The van der Waals surface area contributed by atoms with Crippen LogP contribution in [-0.4, -0.2) is 17.4 Å². The van der Waals surface area contributed by atoms with E-state index in [1.54, 1.807) is 13.0 Å². The quantitative estimate of drug-likeness (QED) is 0.815. The van der Waals surface area contributed by atoms with E-state index in [4.69, 9.17) is 10.2 Å². The first-order valence-electron chi connectivity index (χ1n) is 6.13. The van der Waals surface area contributed by atoms with E-state index in [2.05, 4.69) is 22.1 Å². The Hall–Kier alpha value is -2.58. The maximum Gasteiger partial charge on any atom is 0.301 e. The van der Waals surface area contributed by atoms with E-state index in [-0.39, 0.29) is 18.5 Å². The van der Waals surface area contributed by atoms with Gasteiger partial charge in [0.2, 0.25) is 0 Å². The Morgan fingerprint density at radius 2 is 2.25 bits per heavy atom. The monoisotopic (exact) mass is 269 g/mol. The highest BCUT2D eigenvalue weighted by atomic mass is 16.4. The van der Waals surface area contributed by atoms with Gasteiger partial charge in [-0.1, -0.05) is 17.9 Å². The van der Waals surface area contributed by atoms with E-state index in [0.29, 0.717) is 16.8 Å². The van der Waals surface area contributed by atoms with Crippen molar-refractivity contribution in [2.45, 2.75) is 13.8 Å². The molecule has 0 bridgehead atoms. The van der Waals surface area contributed by atoms with Crippen molar-refractivity contribution in [3.63, 3.8) is 0 Å². The van der Waals surface area contributed by atoms with Gasteiger partial charge in [-0.05, 0) is 31.5 Å². The molecule has 3 N–H and O–H groups in total. The lowest BCUT2D eigenvalue weighted by molar-refractivity contribution is 0.102. The number of aryl methyl sites for hydroxylation is 2. The highest BCUT2D eigenvalue weighted by Crippen LogP contribution is 2.14. The van der Waals surface area contributed by atoms with Crippen molar-refractivity contribution in [1.82, 2.24) is 4.98 Å². The molecule has 0 aliphatic rings. The lowest BCUT2D eigenvalue weighted by Crippen LogP contribution is -2.14. The number of oxazole rings is 1. The first-order valence-corrected chi connectivity index (χ1v) is 6.13. The molecule has 2 rings (SSSR count). The first-order chi connectivity index (χ1) is 9.60. The molecule has 0 unspecified atom stereocenters. The first kappa shape index (κ1) is 13.8. The number of benzene rings is 1. The summed E-state index contributed by atoms with van der Waals surface area (Å²) in [7, 11) is 0. The van der Waals surface area contributed by atoms with Crippen LogP contribution in [0.3, 0.4) is 0 Å². The van der Waals surface area contributed by atoms with Gasteiger partial charge in [-0.2, -0.15) is 4.98 Å². The maximum absolute atomic E-state index is 12.2. The summed E-state index contributed by atoms with van der Waals surface area (Å²) in [6.45, 7) is 3.96. The second-order valence-electron chi connectivity index (χ2n) is 4.30. The second-order valence-corrected chi connectivity index (χ2v) is 4.30. The third-order valence-corrected chi connectivity index (χ3v) is 2.58. The van der Waals surface area contributed by atoms with Crippen LogP contribution in [0.5, 0.6) is 0 Å². The van der Waals surface area contributed by atoms with Crippen molar-refractivity contribution in [1.29, 1.82) is 0 Å². The Kier molecular flexibility index (Phi) is 4.18. The predicted octanol–water partition coefficient (Wildman–Crippen LogP) is 1.85. The summed E-state index contributed by atoms with van der Waals surface area (Å²) in [6.07, 6.45) is 1.47. The molecule has 0 fully saturated rings. The number of amides is 1. The normalized spacial score (nSPS) is 9.75. The van der Waals surface area contributed by atoms with Crippen LogP contribution in [0.4, 0.5) is 6.01 Å². The summed E-state index contributed by atoms with van der Waals surface area (Å²) in [4.78, 5) is 16.2. The summed E-state index contributed by atoms with van der Waals surface area (Å²) >= 11 is 0. The second kappa shape index (κ2) is 6.04. The van der Waals surface area contributed by atoms with Crippen LogP contribution in [0.25, 0.3) is 0 Å². The zero-order valence-corrected chi connectivity index (χ0v) is 11.4. The number of rotatable bonds is 2. The number of nitrogens with one attached hydrogen (secondary N) is 1. The molecule has 1 amide bonds. The fourth-order valence-corrected chi connectivity index (χ4v) is 1.68. The lowest BCUT2D eigenvalue weighted by Gasteiger charge is -2.05. The van der Waals surface area contributed by atoms with Crippen LogP contribution in [0.15, 0.2) is 28.9 Å². The number of anilines is 1. The standard InChI is InChI=1S/C15H15N3O2/c1-10-5-6-13(12(8-10)4-3-7-16)14(19)18-15-17-11(2)9-20-15/h5-6,8-9H,7,16H2,1-2H3,(H,17,18,19). The van der Waals surface area contributed by atoms with Crippen LogP contribution < -0.4 is 11.1 Å². The molecule has 5 nitrogen and oxygen atoms in total. The topological polar surface area (TPSA) is 81.2 Å². The van der Waals surface area contributed by atoms with E-state index in [1.807, 2.05) is 19.1 Å². The molecule has 0 aliphatic heterocycles. The summed E-state index contributed by atoms with van der Waals surface area (Å²) in [6, 6.07) is 5.59. The number of hydrogen-bond acceptors (Lipinski definition) is 4. The number of aromatic nitrogens is 1. The molecular formula is C15H15N3O2. The molecule has 20 heavy (non-hydrogen) atoms. The van der Waals surface area contributed by atoms with Gasteiger partial charge in [-0.25, -0.2) is 0 Å². The molecule has 0 radical (unpaired) electrons. The number of nitrogens with zero attached hydrogens (tertiary/aromatic N) is 1. The summed E-state index contributed by atoms with van der Waals surface area (Å²) in [5, 5.41) is 2.60. The van der Waals surface area contributed by atoms with Crippen LogP contribution in [0.2, 0.25) is 0 Å². The van der Waals surface area contributed by atoms with E-state index < -0.39 is 0 Å². The largest absolute Gasteiger partial charge is 0.432 e. The molecule has 1 aromatic heterocycles. The predicted molar refractivity (Wildman–Crippen MR) is 76.3 cm³/mol. The molecule has 5 heteroatoms. The van der Waals surface area contributed by atoms with Crippen molar-refractivity contribution in [3.05, 3.63) is 46.8 Å². The Bertz CT molecular complexity index is 693. The van der Waals surface area contributed by atoms with E-state index in [1.165, 1.54) is 6.26 Å². The van der Waals surface area contributed by atoms with E-state index >= 15 is 0 Å². The Morgan fingerprint density at radius 1 is 1.45 bits per heavy atom. The highest BCUT2D eigenvalue weighted by Gasteiger charge is 2.13. The fraction of sp³-hybridized carbons (Fsp3) is 0.200. The number of carbonyl (C=O) groups excluding carboxylic acids is 1. The Labute approximate surface area is 117 Å². The molecule has 0 aliphatic carbocycles. The van der Waals surface area contributed by atoms with Gasteiger partial charge in [-0.3, -0.25) is 10.1 Å². The van der Waals surface area contributed by atoms with Gasteiger partial charge in [0, 0.05) is 5.56 Å². The molecule has 2 aromatic rings. The highest BCUT2D eigenvalue weighted by molar-refractivity contribution is 6.05. The smallest absolute Gasteiger partial charge is 0.301 e. The molecule has 1 heterocycles. The summed E-state index contributed by atoms with van der Waals surface area (Å²) < 4.78 is 5.10. The number of carbonyl (C=O) groups is 1. The third kappa shape index (κ3) is 3.25. The minimum absolute atomic E-state index is 0.172. The van der Waals surface area contributed by atoms with Crippen molar-refractivity contribution < 1.29 is 9.21 Å². The summed E-state index contributed by atoms with van der Waals surface area (Å²) in [5.41, 5.74) is 8.19. The molecule has 0 spiro atoms. The maximum atomic E-state index is 12.2. The third-order valence-electron chi connectivity index (χ3n) is 2.58. The molecule has 102 valence electrons. The Morgan fingerprint density at radius 3 is 2.90 bits per heavy atom. The number of hydrogen-bond donors (Lipinski definition) is 2. The zero-order chi connectivity index (χ0) is 14.5. The van der Waals surface area contributed by atoms with Gasteiger partial charge in [0.05, 0.1) is 17.8 Å². The van der Waals surface area contributed by atoms with Crippen molar-refractivity contribution in [2.75, 3.05) is 11.9 Å². The van der Waals surface area contributed by atoms with E-state index in [0.717, 1.165) is 5.56 Å². The van der Waals surface area contributed by atoms with Crippen LogP contribution in [-0.2, 0) is 0 Å². The van der Waals surface area contributed by atoms with Crippen molar-refractivity contribution >= 4 is 11.9 Å². The molecular weight excluding hydrogens is 254 g/mol. The van der Waals surface area contributed by atoms with Crippen LogP contribution in [0, 0.1) is 25.7 Å². The molecule has 0 saturated carbocycles. The molecule has 1 aromatic carbocycles. The Balaban J connectivity index is 2.29. The number of nitrogens with two attached hydrogens (primary N) is 1.